The number of amides is 3. The molecule has 2 aromatic rings. The van der Waals surface area contributed by atoms with E-state index in [1.165, 1.54) is 0 Å². The standard InChI is InChI=1S/C18H17N3O3/c19-17(23)12-6-8-14(9-7-12)20-18(24)13-10-16(22)21(11-13)15-4-2-1-3-5-15/h1-9,13H,10-11H2,(H2,19,23)(H,20,24)/t13-/m0/s1. The minimum absolute atomic E-state index is 0.0644. The van der Waals surface area contributed by atoms with Gasteiger partial charge in [-0.25, -0.2) is 0 Å². The van der Waals surface area contributed by atoms with Gasteiger partial charge in [-0.3, -0.25) is 14.4 Å². The van der Waals surface area contributed by atoms with Gasteiger partial charge in [-0.2, -0.15) is 0 Å². The molecule has 3 amide bonds. The topological polar surface area (TPSA) is 92.5 Å². The molecule has 2 aromatic carbocycles. The van der Waals surface area contributed by atoms with Crippen molar-refractivity contribution in [2.24, 2.45) is 11.7 Å². The molecule has 3 rings (SSSR count). The van der Waals surface area contributed by atoms with Crippen LogP contribution in [0.5, 0.6) is 0 Å². The highest BCUT2D eigenvalue weighted by atomic mass is 16.2. The van der Waals surface area contributed by atoms with Gasteiger partial charge in [-0.15, -0.1) is 0 Å². The van der Waals surface area contributed by atoms with Crippen molar-refractivity contribution in [2.75, 3.05) is 16.8 Å². The first-order valence-corrected chi connectivity index (χ1v) is 7.61. The van der Waals surface area contributed by atoms with Crippen molar-refractivity contribution in [2.45, 2.75) is 6.42 Å². The van der Waals surface area contributed by atoms with E-state index in [2.05, 4.69) is 5.32 Å². The number of anilines is 2. The number of benzene rings is 2. The Hall–Kier alpha value is -3.15. The van der Waals surface area contributed by atoms with Crippen molar-refractivity contribution in [3.63, 3.8) is 0 Å². The number of carbonyl (C=O) groups is 3. The van der Waals surface area contributed by atoms with Crippen LogP contribution in [-0.4, -0.2) is 24.3 Å². The molecular formula is C18H17N3O3. The van der Waals surface area contributed by atoms with E-state index in [0.717, 1.165) is 5.69 Å². The second-order valence-corrected chi connectivity index (χ2v) is 5.67. The van der Waals surface area contributed by atoms with Gasteiger partial charge in [0.2, 0.25) is 17.7 Å². The van der Waals surface area contributed by atoms with E-state index in [1.54, 1.807) is 29.2 Å². The number of primary amides is 1. The summed E-state index contributed by atoms with van der Waals surface area (Å²) in [7, 11) is 0. The quantitative estimate of drug-likeness (QED) is 0.898. The third kappa shape index (κ3) is 3.27. The molecule has 1 aliphatic heterocycles. The Kier molecular flexibility index (Phi) is 4.29. The van der Waals surface area contributed by atoms with Gasteiger partial charge in [0.05, 0.1) is 5.92 Å². The average Bonchev–Trinajstić information content (AvgIpc) is 2.98. The van der Waals surface area contributed by atoms with E-state index >= 15 is 0 Å². The maximum atomic E-state index is 12.4. The Morgan fingerprint density at radius 3 is 2.33 bits per heavy atom. The van der Waals surface area contributed by atoms with Gasteiger partial charge >= 0.3 is 0 Å². The van der Waals surface area contributed by atoms with Crippen LogP contribution in [0.4, 0.5) is 11.4 Å². The van der Waals surface area contributed by atoms with E-state index < -0.39 is 11.8 Å². The molecule has 6 nitrogen and oxygen atoms in total. The Balaban J connectivity index is 1.66. The number of nitrogens with one attached hydrogen (secondary N) is 1. The molecule has 0 saturated carbocycles. The van der Waals surface area contributed by atoms with Crippen LogP contribution in [-0.2, 0) is 9.59 Å². The lowest BCUT2D eigenvalue weighted by Gasteiger charge is -2.16. The minimum Gasteiger partial charge on any atom is -0.366 e. The molecule has 1 atom stereocenters. The van der Waals surface area contributed by atoms with Crippen molar-refractivity contribution in [3.8, 4) is 0 Å². The van der Waals surface area contributed by atoms with Crippen LogP contribution in [0.1, 0.15) is 16.8 Å². The summed E-state index contributed by atoms with van der Waals surface area (Å²) in [6.45, 7) is 0.355. The Labute approximate surface area is 139 Å². The van der Waals surface area contributed by atoms with Gasteiger partial charge in [0.1, 0.15) is 0 Å². The van der Waals surface area contributed by atoms with E-state index in [-0.39, 0.29) is 18.2 Å². The summed E-state index contributed by atoms with van der Waals surface area (Å²) in [5, 5.41) is 2.77. The second kappa shape index (κ2) is 6.54. The van der Waals surface area contributed by atoms with Crippen LogP contribution in [0.15, 0.2) is 54.6 Å². The largest absolute Gasteiger partial charge is 0.366 e. The molecule has 0 spiro atoms. The van der Waals surface area contributed by atoms with Crippen molar-refractivity contribution in [3.05, 3.63) is 60.2 Å². The molecule has 0 radical (unpaired) electrons. The molecule has 0 aromatic heterocycles. The lowest BCUT2D eigenvalue weighted by Crippen LogP contribution is -2.28. The molecule has 3 N–H and O–H groups in total. The van der Waals surface area contributed by atoms with Gasteiger partial charge in [-0.1, -0.05) is 18.2 Å². The zero-order valence-corrected chi connectivity index (χ0v) is 12.9. The summed E-state index contributed by atoms with van der Waals surface area (Å²) < 4.78 is 0. The summed E-state index contributed by atoms with van der Waals surface area (Å²) in [5.41, 5.74) is 6.92. The second-order valence-electron chi connectivity index (χ2n) is 5.67. The fraction of sp³-hybridized carbons (Fsp3) is 0.167. The number of para-hydroxylation sites is 1. The lowest BCUT2D eigenvalue weighted by molar-refractivity contribution is -0.122. The van der Waals surface area contributed by atoms with Crippen LogP contribution in [0, 0.1) is 5.92 Å². The van der Waals surface area contributed by atoms with E-state index in [1.807, 2.05) is 30.3 Å². The maximum Gasteiger partial charge on any atom is 0.248 e. The first kappa shape index (κ1) is 15.7. The van der Waals surface area contributed by atoms with Crippen molar-refractivity contribution in [1.29, 1.82) is 0 Å². The number of nitrogens with two attached hydrogens (primary N) is 1. The zero-order valence-electron chi connectivity index (χ0n) is 12.9. The van der Waals surface area contributed by atoms with Gasteiger partial charge in [0.25, 0.3) is 0 Å². The summed E-state index contributed by atoms with van der Waals surface area (Å²) in [6.07, 6.45) is 0.181. The highest BCUT2D eigenvalue weighted by Gasteiger charge is 2.35. The summed E-state index contributed by atoms with van der Waals surface area (Å²) in [6, 6.07) is 15.6. The number of hydrogen-bond acceptors (Lipinski definition) is 3. The highest BCUT2D eigenvalue weighted by Crippen LogP contribution is 2.25. The normalized spacial score (nSPS) is 16.9. The maximum absolute atomic E-state index is 12.4. The smallest absolute Gasteiger partial charge is 0.248 e. The average molecular weight is 323 g/mol. The molecule has 24 heavy (non-hydrogen) atoms. The minimum atomic E-state index is -0.521. The Morgan fingerprint density at radius 2 is 1.71 bits per heavy atom. The predicted octanol–water partition coefficient (Wildman–Crippen LogP) is 1.78. The molecule has 0 aliphatic carbocycles. The van der Waals surface area contributed by atoms with Gasteiger partial charge < -0.3 is 16.0 Å². The molecule has 6 heteroatoms. The molecule has 1 fully saturated rings. The van der Waals surface area contributed by atoms with Gasteiger partial charge in [0.15, 0.2) is 0 Å². The molecule has 1 aliphatic rings. The molecule has 0 unspecified atom stereocenters. The molecular weight excluding hydrogens is 306 g/mol. The van der Waals surface area contributed by atoms with Crippen LogP contribution >= 0.6 is 0 Å². The number of nitrogens with zero attached hydrogens (tertiary/aromatic N) is 1. The van der Waals surface area contributed by atoms with Gasteiger partial charge in [-0.05, 0) is 36.4 Å². The number of carbonyl (C=O) groups excluding carboxylic acids is 3. The first-order chi connectivity index (χ1) is 11.5. The zero-order chi connectivity index (χ0) is 17.1. The van der Waals surface area contributed by atoms with Crippen LogP contribution in [0.2, 0.25) is 0 Å². The fourth-order valence-corrected chi connectivity index (χ4v) is 2.70. The van der Waals surface area contributed by atoms with E-state index in [0.29, 0.717) is 17.8 Å². The molecule has 0 bridgehead atoms. The van der Waals surface area contributed by atoms with E-state index in [4.69, 9.17) is 5.73 Å². The number of hydrogen-bond donors (Lipinski definition) is 2. The molecule has 1 saturated heterocycles. The van der Waals surface area contributed by atoms with E-state index in [9.17, 15) is 14.4 Å². The third-order valence-electron chi connectivity index (χ3n) is 4.00. The summed E-state index contributed by atoms with van der Waals surface area (Å²) in [5.74, 6) is -1.21. The van der Waals surface area contributed by atoms with Crippen LogP contribution in [0.25, 0.3) is 0 Å². The Bertz CT molecular complexity index is 772. The van der Waals surface area contributed by atoms with Crippen molar-refractivity contribution in [1.82, 2.24) is 0 Å². The highest BCUT2D eigenvalue weighted by molar-refractivity contribution is 6.03. The molecule has 122 valence electrons. The summed E-state index contributed by atoms with van der Waals surface area (Å²) >= 11 is 0. The van der Waals surface area contributed by atoms with Crippen LogP contribution in [0.3, 0.4) is 0 Å². The van der Waals surface area contributed by atoms with Crippen molar-refractivity contribution < 1.29 is 14.4 Å². The predicted molar refractivity (Wildman–Crippen MR) is 90.5 cm³/mol. The van der Waals surface area contributed by atoms with Crippen LogP contribution < -0.4 is 16.0 Å². The fourth-order valence-electron chi connectivity index (χ4n) is 2.70. The molecule has 1 heterocycles. The Morgan fingerprint density at radius 1 is 1.04 bits per heavy atom. The summed E-state index contributed by atoms with van der Waals surface area (Å²) in [4.78, 5) is 37.2. The first-order valence-electron chi connectivity index (χ1n) is 7.61. The third-order valence-corrected chi connectivity index (χ3v) is 4.00. The van der Waals surface area contributed by atoms with Crippen molar-refractivity contribution >= 4 is 29.1 Å². The SMILES string of the molecule is NC(=O)c1ccc(NC(=O)[C@H]2CC(=O)N(c3ccccc3)C2)cc1. The lowest BCUT2D eigenvalue weighted by atomic mass is 10.1. The monoisotopic (exact) mass is 323 g/mol. The van der Waals surface area contributed by atoms with Gasteiger partial charge in [0, 0.05) is 29.9 Å². The number of rotatable bonds is 4.